The number of aryl methyl sites for hydroxylation is 1. The van der Waals surface area contributed by atoms with E-state index in [-0.39, 0.29) is 5.56 Å². The number of nitrogens with zero attached hydrogens (tertiary/aromatic N) is 3. The molecule has 0 unspecified atom stereocenters. The van der Waals surface area contributed by atoms with Crippen molar-refractivity contribution in [3.63, 3.8) is 0 Å². The van der Waals surface area contributed by atoms with Gasteiger partial charge in [-0.25, -0.2) is 9.97 Å². The van der Waals surface area contributed by atoms with Gasteiger partial charge < -0.3 is 9.40 Å². The SMILES string of the molecule is Cc1oc(-c2ccc(Cl)cc2)nc1CSc1nc(-c2ccncc2)cc(=O)[nH]1. The number of nitrogens with one attached hydrogen (secondary N) is 1. The minimum atomic E-state index is -0.206. The first kappa shape index (κ1) is 18.5. The lowest BCUT2D eigenvalue weighted by Gasteiger charge is -2.03. The topological polar surface area (TPSA) is 84.7 Å². The van der Waals surface area contributed by atoms with E-state index < -0.39 is 0 Å². The predicted octanol–water partition coefficient (Wildman–Crippen LogP) is 4.74. The van der Waals surface area contributed by atoms with E-state index >= 15 is 0 Å². The second kappa shape index (κ2) is 8.00. The summed E-state index contributed by atoms with van der Waals surface area (Å²) in [5, 5.41) is 1.18. The van der Waals surface area contributed by atoms with E-state index in [1.54, 1.807) is 24.5 Å². The fourth-order valence-corrected chi connectivity index (χ4v) is 3.59. The summed E-state index contributed by atoms with van der Waals surface area (Å²) in [6.07, 6.45) is 3.34. The van der Waals surface area contributed by atoms with E-state index in [2.05, 4.69) is 19.9 Å². The van der Waals surface area contributed by atoms with Crippen molar-refractivity contribution in [1.29, 1.82) is 0 Å². The van der Waals surface area contributed by atoms with Crippen LogP contribution < -0.4 is 5.56 Å². The van der Waals surface area contributed by atoms with Crippen molar-refractivity contribution in [3.05, 3.63) is 81.7 Å². The fourth-order valence-electron chi connectivity index (χ4n) is 2.59. The molecule has 0 atom stereocenters. The average Bonchev–Trinajstić information content (AvgIpc) is 3.08. The lowest BCUT2D eigenvalue weighted by molar-refractivity contribution is 0.540. The van der Waals surface area contributed by atoms with Crippen LogP contribution in [0.3, 0.4) is 0 Å². The van der Waals surface area contributed by atoms with Crippen LogP contribution in [0.4, 0.5) is 0 Å². The molecule has 3 heterocycles. The van der Waals surface area contributed by atoms with E-state index in [0.29, 0.717) is 27.5 Å². The van der Waals surface area contributed by atoms with E-state index in [9.17, 15) is 4.79 Å². The van der Waals surface area contributed by atoms with Gasteiger partial charge in [-0.3, -0.25) is 9.78 Å². The summed E-state index contributed by atoms with van der Waals surface area (Å²) >= 11 is 7.32. The van der Waals surface area contributed by atoms with Crippen molar-refractivity contribution >= 4 is 23.4 Å². The third-order valence-electron chi connectivity index (χ3n) is 4.03. The molecule has 3 aromatic heterocycles. The number of H-pyrrole nitrogens is 1. The highest BCUT2D eigenvalue weighted by atomic mass is 35.5. The van der Waals surface area contributed by atoms with Crippen molar-refractivity contribution in [3.8, 4) is 22.7 Å². The molecule has 0 fully saturated rings. The van der Waals surface area contributed by atoms with E-state index in [0.717, 1.165) is 22.6 Å². The maximum absolute atomic E-state index is 12.0. The average molecular weight is 411 g/mol. The van der Waals surface area contributed by atoms with Gasteiger partial charge in [-0.15, -0.1) is 0 Å². The number of hydrogen-bond acceptors (Lipinski definition) is 6. The molecule has 140 valence electrons. The van der Waals surface area contributed by atoms with Crippen LogP contribution in [0.2, 0.25) is 5.02 Å². The second-order valence-corrected chi connectivity index (χ2v) is 7.39. The van der Waals surface area contributed by atoms with Crippen LogP contribution in [-0.4, -0.2) is 19.9 Å². The maximum atomic E-state index is 12.0. The number of aromatic nitrogens is 4. The minimum Gasteiger partial charge on any atom is -0.441 e. The van der Waals surface area contributed by atoms with Gasteiger partial charge in [0.05, 0.1) is 11.4 Å². The van der Waals surface area contributed by atoms with Crippen molar-refractivity contribution in [2.75, 3.05) is 0 Å². The molecule has 4 aromatic rings. The molecule has 4 rings (SSSR count). The summed E-state index contributed by atoms with van der Waals surface area (Å²) < 4.78 is 5.78. The molecule has 0 spiro atoms. The van der Waals surface area contributed by atoms with Crippen LogP contribution in [-0.2, 0) is 5.75 Å². The first-order chi connectivity index (χ1) is 13.6. The standard InChI is InChI=1S/C20H15ClN4O2S/c1-12-17(23-19(27-12)14-2-4-15(21)5-3-14)11-28-20-24-16(10-18(26)25-20)13-6-8-22-9-7-13/h2-10H,11H2,1H3,(H,24,25,26). The molecule has 28 heavy (non-hydrogen) atoms. The van der Waals surface area contributed by atoms with Crippen molar-refractivity contribution in [2.45, 2.75) is 17.8 Å². The first-order valence-electron chi connectivity index (χ1n) is 8.45. The molecule has 6 nitrogen and oxygen atoms in total. The van der Waals surface area contributed by atoms with Gasteiger partial charge in [-0.2, -0.15) is 0 Å². The Balaban J connectivity index is 1.54. The molecule has 1 N–H and O–H groups in total. The Hall–Kier alpha value is -2.90. The van der Waals surface area contributed by atoms with E-state index in [1.165, 1.54) is 17.8 Å². The number of oxazole rings is 1. The van der Waals surface area contributed by atoms with Gasteiger partial charge in [0.1, 0.15) is 5.76 Å². The number of hydrogen-bond donors (Lipinski definition) is 1. The quantitative estimate of drug-likeness (QED) is 0.378. The first-order valence-corrected chi connectivity index (χ1v) is 9.81. The molecule has 0 saturated carbocycles. The zero-order chi connectivity index (χ0) is 19.5. The van der Waals surface area contributed by atoms with Crippen LogP contribution in [0.15, 0.2) is 69.2 Å². The van der Waals surface area contributed by atoms with Gasteiger partial charge in [0.25, 0.3) is 5.56 Å². The molecule has 0 aliphatic heterocycles. The third kappa shape index (κ3) is 4.16. The summed E-state index contributed by atoms with van der Waals surface area (Å²) in [7, 11) is 0. The molecule has 0 radical (unpaired) electrons. The van der Waals surface area contributed by atoms with Gasteiger partial charge >= 0.3 is 0 Å². The Bertz CT molecular complexity index is 1160. The Morgan fingerprint density at radius 2 is 1.82 bits per heavy atom. The van der Waals surface area contributed by atoms with Gasteiger partial charge in [-0.1, -0.05) is 23.4 Å². The van der Waals surface area contributed by atoms with Crippen LogP contribution in [0.5, 0.6) is 0 Å². The lowest BCUT2D eigenvalue weighted by atomic mass is 10.2. The molecule has 0 amide bonds. The Morgan fingerprint density at radius 3 is 2.57 bits per heavy atom. The van der Waals surface area contributed by atoms with Gasteiger partial charge in [0.15, 0.2) is 5.16 Å². The van der Waals surface area contributed by atoms with Crippen LogP contribution in [0.1, 0.15) is 11.5 Å². The highest BCUT2D eigenvalue weighted by molar-refractivity contribution is 7.98. The summed E-state index contributed by atoms with van der Waals surface area (Å²) in [5.74, 6) is 1.79. The van der Waals surface area contributed by atoms with E-state index in [4.69, 9.17) is 16.0 Å². The molecule has 0 aliphatic rings. The summed E-state index contributed by atoms with van der Waals surface area (Å²) in [6, 6.07) is 12.4. The second-order valence-electron chi connectivity index (χ2n) is 5.99. The number of thioether (sulfide) groups is 1. The fraction of sp³-hybridized carbons (Fsp3) is 0.100. The number of aromatic amines is 1. The van der Waals surface area contributed by atoms with Crippen molar-refractivity contribution < 1.29 is 4.42 Å². The Labute approximate surface area is 170 Å². The molecule has 8 heteroatoms. The Morgan fingerprint density at radius 1 is 1.07 bits per heavy atom. The van der Waals surface area contributed by atoms with Gasteiger partial charge in [-0.05, 0) is 43.3 Å². The molecule has 0 saturated heterocycles. The Kier molecular flexibility index (Phi) is 5.27. The summed E-state index contributed by atoms with van der Waals surface area (Å²) in [4.78, 5) is 27.9. The van der Waals surface area contributed by atoms with Crippen molar-refractivity contribution in [1.82, 2.24) is 19.9 Å². The normalized spacial score (nSPS) is 10.9. The number of halogens is 1. The zero-order valence-corrected chi connectivity index (χ0v) is 16.4. The highest BCUT2D eigenvalue weighted by Crippen LogP contribution is 2.27. The molecule has 0 bridgehead atoms. The minimum absolute atomic E-state index is 0.206. The monoisotopic (exact) mass is 410 g/mol. The number of benzene rings is 1. The van der Waals surface area contributed by atoms with Crippen LogP contribution in [0.25, 0.3) is 22.7 Å². The maximum Gasteiger partial charge on any atom is 0.252 e. The number of rotatable bonds is 5. The molecule has 0 aliphatic carbocycles. The zero-order valence-electron chi connectivity index (χ0n) is 14.8. The predicted molar refractivity (Wildman–Crippen MR) is 109 cm³/mol. The van der Waals surface area contributed by atoms with Crippen LogP contribution in [0, 0.1) is 6.92 Å². The molecular weight excluding hydrogens is 396 g/mol. The smallest absolute Gasteiger partial charge is 0.252 e. The third-order valence-corrected chi connectivity index (χ3v) is 5.16. The summed E-state index contributed by atoms with van der Waals surface area (Å²) in [5.41, 5.74) is 2.89. The largest absolute Gasteiger partial charge is 0.441 e. The molecular formula is C20H15ClN4O2S. The highest BCUT2D eigenvalue weighted by Gasteiger charge is 2.13. The van der Waals surface area contributed by atoms with E-state index in [1.807, 2.05) is 31.2 Å². The van der Waals surface area contributed by atoms with Gasteiger partial charge in [0.2, 0.25) is 5.89 Å². The van der Waals surface area contributed by atoms with Crippen LogP contribution >= 0.6 is 23.4 Å². The number of pyridine rings is 1. The molecule has 1 aromatic carbocycles. The van der Waals surface area contributed by atoms with Crippen molar-refractivity contribution in [2.24, 2.45) is 0 Å². The summed E-state index contributed by atoms with van der Waals surface area (Å²) in [6.45, 7) is 1.87. The lowest BCUT2D eigenvalue weighted by Crippen LogP contribution is -2.08. The van der Waals surface area contributed by atoms with Gasteiger partial charge in [0, 0.05) is 40.4 Å².